The second kappa shape index (κ2) is 20.1. The molecule has 0 radical (unpaired) electrons. The van der Waals surface area contributed by atoms with Crippen molar-refractivity contribution in [1.29, 1.82) is 0 Å². The second-order valence-corrected chi connectivity index (χ2v) is 7.58. The molecule has 0 saturated carbocycles. The molecule has 0 spiro atoms. The Morgan fingerprint density at radius 1 is 0.609 bits per heavy atom. The fourth-order valence-corrected chi connectivity index (χ4v) is 3.46. The molecule has 0 bridgehead atoms. The summed E-state index contributed by atoms with van der Waals surface area (Å²) in [4.78, 5) is 0. The highest BCUT2D eigenvalue weighted by Crippen LogP contribution is 2.17. The lowest BCUT2D eigenvalue weighted by atomic mass is 9.96. The molecule has 0 nitrogen and oxygen atoms in total. The van der Waals surface area contributed by atoms with Crippen molar-refractivity contribution in [3.05, 3.63) is 12.2 Å². The van der Waals surface area contributed by atoms with E-state index in [1.165, 1.54) is 103 Å². The lowest BCUT2D eigenvalue weighted by Crippen LogP contribution is -1.96. The maximum atomic E-state index is 4.25. The van der Waals surface area contributed by atoms with Gasteiger partial charge in [-0.15, -0.1) is 0 Å². The third kappa shape index (κ3) is 18.3. The van der Waals surface area contributed by atoms with Crippen molar-refractivity contribution in [2.75, 3.05) is 5.75 Å². The molecule has 0 aliphatic rings. The first-order valence-corrected chi connectivity index (χ1v) is 11.2. The van der Waals surface area contributed by atoms with Gasteiger partial charge in [0.15, 0.2) is 0 Å². The summed E-state index contributed by atoms with van der Waals surface area (Å²) < 4.78 is 0. The van der Waals surface area contributed by atoms with E-state index in [0.717, 1.165) is 11.7 Å². The highest BCUT2D eigenvalue weighted by molar-refractivity contribution is 7.80. The van der Waals surface area contributed by atoms with E-state index < -0.39 is 0 Å². The molecule has 0 fully saturated rings. The Kier molecular flexibility index (Phi) is 20.2. The first-order valence-electron chi connectivity index (χ1n) is 10.6. The van der Waals surface area contributed by atoms with Gasteiger partial charge in [-0.05, 0) is 43.8 Å². The largest absolute Gasteiger partial charge is 0.179 e. The van der Waals surface area contributed by atoms with Crippen molar-refractivity contribution in [3.63, 3.8) is 0 Å². The Bertz CT molecular complexity index is 230. The van der Waals surface area contributed by atoms with Crippen LogP contribution in [-0.2, 0) is 0 Å². The molecule has 0 aromatic heterocycles. The van der Waals surface area contributed by atoms with Gasteiger partial charge in [-0.2, -0.15) is 12.6 Å². The van der Waals surface area contributed by atoms with Crippen LogP contribution in [0.15, 0.2) is 12.2 Å². The van der Waals surface area contributed by atoms with E-state index in [9.17, 15) is 0 Å². The summed E-state index contributed by atoms with van der Waals surface area (Å²) in [6.45, 7) is 4.67. The van der Waals surface area contributed by atoms with Crippen LogP contribution in [0.2, 0.25) is 0 Å². The van der Waals surface area contributed by atoms with Gasteiger partial charge in [0.1, 0.15) is 0 Å². The highest BCUT2D eigenvalue weighted by atomic mass is 32.1. The van der Waals surface area contributed by atoms with Gasteiger partial charge in [0.05, 0.1) is 0 Å². The zero-order valence-corrected chi connectivity index (χ0v) is 17.1. The van der Waals surface area contributed by atoms with Gasteiger partial charge in [-0.3, -0.25) is 0 Å². The summed E-state index contributed by atoms with van der Waals surface area (Å²) in [5.74, 6) is 2.04. The van der Waals surface area contributed by atoms with Crippen LogP contribution in [0, 0.1) is 5.92 Å². The van der Waals surface area contributed by atoms with Crippen LogP contribution in [-0.4, -0.2) is 5.75 Å². The molecule has 0 amide bonds. The molecule has 0 aliphatic heterocycles. The molecule has 1 heteroatoms. The quantitative estimate of drug-likeness (QED) is 0.144. The van der Waals surface area contributed by atoms with E-state index in [-0.39, 0.29) is 0 Å². The van der Waals surface area contributed by atoms with Gasteiger partial charge in [0.25, 0.3) is 0 Å². The molecule has 0 aromatic carbocycles. The van der Waals surface area contributed by atoms with Crippen LogP contribution in [0.3, 0.4) is 0 Å². The molecular weight excluding hydrogens is 296 g/mol. The van der Waals surface area contributed by atoms with Gasteiger partial charge in [-0.1, -0.05) is 96.6 Å². The summed E-state index contributed by atoms with van der Waals surface area (Å²) in [5.41, 5.74) is 0. The van der Waals surface area contributed by atoms with Gasteiger partial charge in [-0.25, -0.2) is 0 Å². The Morgan fingerprint density at radius 3 is 1.52 bits per heavy atom. The average Bonchev–Trinajstić information content (AvgIpc) is 2.58. The summed E-state index contributed by atoms with van der Waals surface area (Å²) in [5, 5.41) is 0. The number of allylic oxidation sites excluding steroid dienone is 2. The normalized spacial score (nSPS) is 11.8. The zero-order valence-electron chi connectivity index (χ0n) is 16.2. The van der Waals surface area contributed by atoms with Crippen molar-refractivity contribution in [1.82, 2.24) is 0 Å². The van der Waals surface area contributed by atoms with Crippen LogP contribution < -0.4 is 0 Å². The van der Waals surface area contributed by atoms with E-state index in [0.29, 0.717) is 0 Å². The number of rotatable bonds is 18. The predicted molar refractivity (Wildman–Crippen MR) is 112 cm³/mol. The molecule has 0 saturated heterocycles. The fourth-order valence-electron chi connectivity index (χ4n) is 3.24. The minimum Gasteiger partial charge on any atom is -0.179 e. The Morgan fingerprint density at radius 2 is 1.04 bits per heavy atom. The lowest BCUT2D eigenvalue weighted by molar-refractivity contribution is 0.427. The molecular formula is C22H44S. The Hall–Kier alpha value is 0.0900. The van der Waals surface area contributed by atoms with Crippen LogP contribution in [0.1, 0.15) is 117 Å². The number of thiol groups is 1. The standard InChI is InChI=1S/C22H44S/c1-3-22(4-2)20-18-16-14-12-10-8-6-5-7-9-11-13-15-17-19-21-23/h5-6,22-23H,3-4,7-21H2,1-2H3. The lowest BCUT2D eigenvalue weighted by Gasteiger charge is -2.11. The zero-order chi connectivity index (χ0) is 17.0. The average molecular weight is 341 g/mol. The Labute approximate surface area is 153 Å². The molecule has 23 heavy (non-hydrogen) atoms. The molecule has 0 N–H and O–H groups in total. The van der Waals surface area contributed by atoms with E-state index in [1.54, 1.807) is 0 Å². The third-order valence-electron chi connectivity index (χ3n) is 5.08. The number of hydrogen-bond donors (Lipinski definition) is 1. The van der Waals surface area contributed by atoms with Crippen LogP contribution in [0.5, 0.6) is 0 Å². The molecule has 138 valence electrons. The molecule has 0 unspecified atom stereocenters. The van der Waals surface area contributed by atoms with E-state index in [4.69, 9.17) is 0 Å². The van der Waals surface area contributed by atoms with Gasteiger partial charge < -0.3 is 0 Å². The monoisotopic (exact) mass is 340 g/mol. The second-order valence-electron chi connectivity index (χ2n) is 7.13. The molecule has 0 heterocycles. The smallest absolute Gasteiger partial charge is 0.00979 e. The number of unbranched alkanes of at least 4 members (excludes halogenated alkanes) is 11. The SMILES string of the molecule is CCC(CC)CCCCCCCC=CCCCCCCCCS. The maximum Gasteiger partial charge on any atom is -0.00979 e. The third-order valence-corrected chi connectivity index (χ3v) is 5.40. The van der Waals surface area contributed by atoms with Gasteiger partial charge in [0, 0.05) is 0 Å². The van der Waals surface area contributed by atoms with Crippen LogP contribution in [0.4, 0.5) is 0 Å². The first kappa shape index (κ1) is 23.1. The van der Waals surface area contributed by atoms with Crippen molar-refractivity contribution in [2.24, 2.45) is 5.92 Å². The molecule has 0 aliphatic carbocycles. The van der Waals surface area contributed by atoms with Crippen molar-refractivity contribution >= 4 is 12.6 Å². The van der Waals surface area contributed by atoms with Crippen molar-refractivity contribution in [3.8, 4) is 0 Å². The summed E-state index contributed by atoms with van der Waals surface area (Å²) in [6.07, 6.45) is 27.1. The first-order chi connectivity index (χ1) is 11.3. The highest BCUT2D eigenvalue weighted by Gasteiger charge is 2.01. The fraction of sp³-hybridized carbons (Fsp3) is 0.909. The van der Waals surface area contributed by atoms with E-state index in [1.807, 2.05) is 0 Å². The molecule has 0 aromatic rings. The number of hydrogen-bond acceptors (Lipinski definition) is 1. The van der Waals surface area contributed by atoms with Crippen LogP contribution >= 0.6 is 12.6 Å². The molecule has 0 atom stereocenters. The van der Waals surface area contributed by atoms with Crippen LogP contribution in [0.25, 0.3) is 0 Å². The molecule has 0 rings (SSSR count). The summed E-state index contributed by atoms with van der Waals surface area (Å²) in [7, 11) is 0. The van der Waals surface area contributed by atoms with E-state index >= 15 is 0 Å². The summed E-state index contributed by atoms with van der Waals surface area (Å²) >= 11 is 4.25. The van der Waals surface area contributed by atoms with Gasteiger partial charge >= 0.3 is 0 Å². The topological polar surface area (TPSA) is 0 Å². The van der Waals surface area contributed by atoms with E-state index in [2.05, 4.69) is 38.6 Å². The maximum absolute atomic E-state index is 4.25. The summed E-state index contributed by atoms with van der Waals surface area (Å²) in [6, 6.07) is 0. The van der Waals surface area contributed by atoms with Gasteiger partial charge in [0.2, 0.25) is 0 Å². The van der Waals surface area contributed by atoms with Crippen molar-refractivity contribution < 1.29 is 0 Å². The minimum atomic E-state index is 0.987. The Balaban J connectivity index is 3.14. The predicted octanol–water partition coefficient (Wildman–Crippen LogP) is 8.37. The minimum absolute atomic E-state index is 0.987. The van der Waals surface area contributed by atoms with Crippen molar-refractivity contribution in [2.45, 2.75) is 117 Å².